The summed E-state index contributed by atoms with van der Waals surface area (Å²) in [5.74, 6) is -0.0204. The number of aromatic nitrogens is 2. The second kappa shape index (κ2) is 3.55. The molecule has 1 unspecified atom stereocenters. The first-order valence-electron chi connectivity index (χ1n) is 5.93. The number of nitrogen functional groups attached to an aromatic ring is 1. The van der Waals surface area contributed by atoms with E-state index in [0.29, 0.717) is 0 Å². The molecule has 2 fully saturated rings. The second-order valence-electron chi connectivity index (χ2n) is 5.35. The number of aliphatic hydroxyl groups is 3. The van der Waals surface area contributed by atoms with Crippen molar-refractivity contribution in [1.82, 2.24) is 9.55 Å². The second-order valence-corrected chi connectivity index (χ2v) is 5.35. The van der Waals surface area contributed by atoms with Crippen molar-refractivity contribution in [2.75, 3.05) is 12.4 Å². The summed E-state index contributed by atoms with van der Waals surface area (Å²) in [6, 6.07) is 1.30. The molecule has 2 heterocycles. The van der Waals surface area contributed by atoms with E-state index in [1.54, 1.807) is 0 Å². The predicted molar refractivity (Wildman–Crippen MR) is 63.3 cm³/mol. The average molecular weight is 287 g/mol. The predicted octanol–water partition coefficient (Wildman–Crippen LogP) is -2.08. The third-order valence-electron chi connectivity index (χ3n) is 4.28. The first-order valence-corrected chi connectivity index (χ1v) is 5.93. The van der Waals surface area contributed by atoms with Gasteiger partial charge in [0.1, 0.15) is 24.2 Å². The van der Waals surface area contributed by atoms with Crippen molar-refractivity contribution in [2.24, 2.45) is 0 Å². The van der Waals surface area contributed by atoms with Gasteiger partial charge >= 0.3 is 5.69 Å². The van der Waals surface area contributed by atoms with E-state index in [0.717, 1.165) is 11.5 Å². The molecule has 5 atom stereocenters. The van der Waals surface area contributed by atoms with Crippen LogP contribution in [0.25, 0.3) is 0 Å². The van der Waals surface area contributed by atoms with Crippen LogP contribution in [-0.2, 0) is 4.74 Å². The van der Waals surface area contributed by atoms with Gasteiger partial charge in [0.05, 0.1) is 0 Å². The number of fused-ring (bicyclic) bond motifs is 1. The smallest absolute Gasteiger partial charge is 0.351 e. The van der Waals surface area contributed by atoms with E-state index in [1.807, 2.05) is 0 Å². The number of hydrogen-bond donors (Lipinski definition) is 4. The van der Waals surface area contributed by atoms with Gasteiger partial charge in [-0.15, -0.1) is 0 Å². The third-order valence-corrected chi connectivity index (χ3v) is 4.28. The molecule has 1 saturated carbocycles. The molecule has 0 spiro atoms. The standard InChI is InChI=1S/C11H14FN3O5/c1-9(18)7(15-3-2-5(13)14-8(15)17)20-10(4-12)6(16)11(9,10)19/h2-3,6-7,16,18-19H,4H2,1H3,(H2,13,14,17)/t6?,7-,9+,10-,11+/m1/s1. The van der Waals surface area contributed by atoms with Crippen LogP contribution in [0.1, 0.15) is 13.2 Å². The third kappa shape index (κ3) is 1.19. The minimum atomic E-state index is -2.18. The number of hydrogen-bond acceptors (Lipinski definition) is 7. The summed E-state index contributed by atoms with van der Waals surface area (Å²) in [7, 11) is 0. The van der Waals surface area contributed by atoms with Crippen LogP contribution < -0.4 is 11.4 Å². The van der Waals surface area contributed by atoms with Gasteiger partial charge in [0, 0.05) is 6.20 Å². The molecule has 110 valence electrons. The van der Waals surface area contributed by atoms with E-state index in [4.69, 9.17) is 10.5 Å². The van der Waals surface area contributed by atoms with Crippen molar-refractivity contribution >= 4 is 5.82 Å². The quantitative estimate of drug-likeness (QED) is 0.491. The Morgan fingerprint density at radius 1 is 1.60 bits per heavy atom. The van der Waals surface area contributed by atoms with E-state index in [9.17, 15) is 24.5 Å². The Bertz CT molecular complexity index is 635. The Hall–Kier alpha value is -1.55. The lowest BCUT2D eigenvalue weighted by Gasteiger charge is -2.32. The molecule has 1 aromatic heterocycles. The van der Waals surface area contributed by atoms with Crippen LogP contribution in [0.5, 0.6) is 0 Å². The number of rotatable bonds is 2. The first-order chi connectivity index (χ1) is 9.22. The van der Waals surface area contributed by atoms with Gasteiger partial charge in [0.25, 0.3) is 0 Å². The molecule has 5 N–H and O–H groups in total. The number of anilines is 1. The van der Waals surface area contributed by atoms with Crippen molar-refractivity contribution < 1.29 is 24.4 Å². The fourth-order valence-electron chi connectivity index (χ4n) is 2.97. The lowest BCUT2D eigenvalue weighted by atomic mass is 9.94. The molecule has 2 aliphatic rings. The minimum absolute atomic E-state index is 0.0204. The van der Waals surface area contributed by atoms with E-state index in [-0.39, 0.29) is 5.82 Å². The highest BCUT2D eigenvalue weighted by Crippen LogP contribution is 2.66. The van der Waals surface area contributed by atoms with E-state index in [1.165, 1.54) is 12.3 Å². The zero-order valence-corrected chi connectivity index (χ0v) is 10.5. The molecule has 0 amide bonds. The Labute approximate surface area is 112 Å². The molecule has 3 rings (SSSR count). The monoisotopic (exact) mass is 287 g/mol. The van der Waals surface area contributed by atoms with Gasteiger partial charge in [0.2, 0.25) is 0 Å². The van der Waals surface area contributed by atoms with Crippen molar-refractivity contribution in [2.45, 2.75) is 36.1 Å². The molecule has 9 heteroatoms. The van der Waals surface area contributed by atoms with Crippen LogP contribution in [0.3, 0.4) is 0 Å². The van der Waals surface area contributed by atoms with E-state index >= 15 is 0 Å². The largest absolute Gasteiger partial charge is 0.387 e. The fraction of sp³-hybridized carbons (Fsp3) is 0.636. The van der Waals surface area contributed by atoms with Crippen molar-refractivity contribution in [3.05, 3.63) is 22.7 Å². The molecule has 20 heavy (non-hydrogen) atoms. The minimum Gasteiger partial charge on any atom is -0.387 e. The SMILES string of the molecule is C[C@]1(O)[C@H](n2ccc(N)nc2=O)O[C@]2(CF)C(O)[C@]12O. The first kappa shape index (κ1) is 13.4. The summed E-state index contributed by atoms with van der Waals surface area (Å²) in [5, 5.41) is 30.4. The zero-order valence-electron chi connectivity index (χ0n) is 10.5. The summed E-state index contributed by atoms with van der Waals surface area (Å²) in [4.78, 5) is 15.2. The number of nitrogens with two attached hydrogens (primary N) is 1. The van der Waals surface area contributed by atoms with Crippen LogP contribution >= 0.6 is 0 Å². The normalized spacial score (nSPS) is 46.2. The van der Waals surface area contributed by atoms with Gasteiger partial charge in [-0.3, -0.25) is 4.57 Å². The fourth-order valence-corrected chi connectivity index (χ4v) is 2.97. The van der Waals surface area contributed by atoms with Crippen molar-refractivity contribution in [1.29, 1.82) is 0 Å². The molecule has 1 aliphatic heterocycles. The van der Waals surface area contributed by atoms with Gasteiger partial charge in [0.15, 0.2) is 17.4 Å². The lowest BCUT2D eigenvalue weighted by Crippen LogP contribution is -2.50. The van der Waals surface area contributed by atoms with Crippen molar-refractivity contribution in [3.8, 4) is 0 Å². The number of ether oxygens (including phenoxy) is 1. The number of nitrogens with zero attached hydrogens (tertiary/aromatic N) is 2. The van der Waals surface area contributed by atoms with Gasteiger partial charge in [-0.2, -0.15) is 4.98 Å². The van der Waals surface area contributed by atoms with Crippen LogP contribution in [-0.4, -0.2) is 54.5 Å². The van der Waals surface area contributed by atoms with Crippen LogP contribution in [0.15, 0.2) is 17.1 Å². The highest BCUT2D eigenvalue weighted by Gasteiger charge is 2.91. The Morgan fingerprint density at radius 2 is 2.25 bits per heavy atom. The topological polar surface area (TPSA) is 131 Å². The summed E-state index contributed by atoms with van der Waals surface area (Å²) < 4.78 is 19.3. The molecule has 0 bridgehead atoms. The van der Waals surface area contributed by atoms with Gasteiger partial charge in [-0.1, -0.05) is 0 Å². The van der Waals surface area contributed by atoms with Crippen LogP contribution in [0, 0.1) is 0 Å². The van der Waals surface area contributed by atoms with Gasteiger partial charge in [-0.25, -0.2) is 9.18 Å². The molecule has 0 radical (unpaired) electrons. The Kier molecular flexibility index (Phi) is 2.39. The molecule has 1 aliphatic carbocycles. The molecular formula is C11H14FN3O5. The molecule has 1 aromatic rings. The average Bonchev–Trinajstić information content (AvgIpc) is 2.78. The Balaban J connectivity index is 2.08. The maximum Gasteiger partial charge on any atom is 0.351 e. The molecule has 0 aromatic carbocycles. The molecule has 1 saturated heterocycles. The summed E-state index contributed by atoms with van der Waals surface area (Å²) in [6.07, 6.45) is -1.73. The summed E-state index contributed by atoms with van der Waals surface area (Å²) >= 11 is 0. The molecular weight excluding hydrogens is 273 g/mol. The lowest BCUT2D eigenvalue weighted by molar-refractivity contribution is -0.168. The van der Waals surface area contributed by atoms with Gasteiger partial charge in [-0.05, 0) is 13.0 Å². The Morgan fingerprint density at radius 3 is 2.75 bits per heavy atom. The molecule has 8 nitrogen and oxygen atoms in total. The summed E-state index contributed by atoms with van der Waals surface area (Å²) in [6.45, 7) is -0.0391. The van der Waals surface area contributed by atoms with Crippen LogP contribution in [0.4, 0.5) is 10.2 Å². The zero-order chi connectivity index (χ0) is 14.9. The van der Waals surface area contributed by atoms with Crippen molar-refractivity contribution in [3.63, 3.8) is 0 Å². The maximum absolute atomic E-state index is 13.1. The highest BCUT2D eigenvalue weighted by molar-refractivity contribution is 5.39. The van der Waals surface area contributed by atoms with Crippen LogP contribution in [0.2, 0.25) is 0 Å². The highest BCUT2D eigenvalue weighted by atomic mass is 19.1. The number of halogens is 1. The van der Waals surface area contributed by atoms with E-state index in [2.05, 4.69) is 4.98 Å². The summed E-state index contributed by atoms with van der Waals surface area (Å²) in [5.41, 5.74) is -1.64. The maximum atomic E-state index is 13.1. The number of aliphatic hydroxyl groups excluding tert-OH is 1. The number of alkyl halides is 1. The van der Waals surface area contributed by atoms with E-state index < -0.39 is 41.5 Å². The van der Waals surface area contributed by atoms with Gasteiger partial charge < -0.3 is 25.8 Å².